The molecule has 1 aromatic carbocycles. The summed E-state index contributed by atoms with van der Waals surface area (Å²) in [6, 6.07) is 6.23. The fraction of sp³-hybridized carbons (Fsp3) is 0.200. The van der Waals surface area contributed by atoms with E-state index in [1.54, 1.807) is 24.3 Å². The molecule has 0 bridgehead atoms. The Labute approximate surface area is 92.9 Å². The SMILES string of the molecule is NNC=Nc1cccc(C[C@H](N)C(=O)O)c1. The first-order chi connectivity index (χ1) is 7.63. The molecular weight excluding hydrogens is 208 g/mol. The summed E-state index contributed by atoms with van der Waals surface area (Å²) in [4.78, 5) is 14.6. The van der Waals surface area contributed by atoms with E-state index in [2.05, 4.69) is 10.4 Å². The van der Waals surface area contributed by atoms with E-state index in [1.807, 2.05) is 0 Å². The van der Waals surface area contributed by atoms with Crippen molar-refractivity contribution in [2.45, 2.75) is 12.5 Å². The molecule has 0 spiro atoms. The van der Waals surface area contributed by atoms with Crippen LogP contribution in [-0.2, 0) is 11.2 Å². The molecule has 0 amide bonds. The maximum absolute atomic E-state index is 10.6. The van der Waals surface area contributed by atoms with E-state index in [-0.39, 0.29) is 6.42 Å². The minimum Gasteiger partial charge on any atom is -0.480 e. The number of nitrogens with zero attached hydrogens (tertiary/aromatic N) is 1. The van der Waals surface area contributed by atoms with E-state index in [1.165, 1.54) is 6.34 Å². The van der Waals surface area contributed by atoms with Gasteiger partial charge in [0.05, 0.1) is 5.69 Å². The summed E-state index contributed by atoms with van der Waals surface area (Å²) >= 11 is 0. The normalized spacial score (nSPS) is 12.6. The minimum atomic E-state index is -1.02. The second kappa shape index (κ2) is 5.84. The van der Waals surface area contributed by atoms with Crippen molar-refractivity contribution in [1.82, 2.24) is 5.43 Å². The van der Waals surface area contributed by atoms with E-state index in [4.69, 9.17) is 16.7 Å². The molecule has 1 rings (SSSR count). The molecule has 86 valence electrons. The third-order valence-electron chi connectivity index (χ3n) is 1.97. The zero-order valence-electron chi connectivity index (χ0n) is 8.63. The maximum Gasteiger partial charge on any atom is 0.320 e. The molecule has 6 heteroatoms. The third kappa shape index (κ3) is 3.68. The molecule has 0 saturated heterocycles. The van der Waals surface area contributed by atoms with Crippen LogP contribution in [0.3, 0.4) is 0 Å². The zero-order chi connectivity index (χ0) is 12.0. The number of hydrogen-bond acceptors (Lipinski definition) is 4. The topological polar surface area (TPSA) is 114 Å². The second-order valence-electron chi connectivity index (χ2n) is 3.24. The number of nitrogens with two attached hydrogens (primary N) is 2. The molecular formula is C10H14N4O2. The molecule has 1 atom stereocenters. The van der Waals surface area contributed by atoms with Crippen LogP contribution in [-0.4, -0.2) is 23.5 Å². The highest BCUT2D eigenvalue weighted by Crippen LogP contribution is 2.14. The Hall–Kier alpha value is -1.92. The number of carbonyl (C=O) groups is 1. The van der Waals surface area contributed by atoms with Gasteiger partial charge in [-0.2, -0.15) is 0 Å². The van der Waals surface area contributed by atoms with Crippen LogP contribution in [0.25, 0.3) is 0 Å². The predicted molar refractivity (Wildman–Crippen MR) is 61.2 cm³/mol. The van der Waals surface area contributed by atoms with E-state index in [0.717, 1.165) is 5.56 Å². The number of hydrogen-bond donors (Lipinski definition) is 4. The Morgan fingerprint density at radius 1 is 1.62 bits per heavy atom. The molecule has 0 aromatic heterocycles. The third-order valence-corrected chi connectivity index (χ3v) is 1.97. The maximum atomic E-state index is 10.6. The molecule has 16 heavy (non-hydrogen) atoms. The summed E-state index contributed by atoms with van der Waals surface area (Å²) in [6.07, 6.45) is 1.62. The fourth-order valence-electron chi connectivity index (χ4n) is 1.22. The second-order valence-corrected chi connectivity index (χ2v) is 3.24. The van der Waals surface area contributed by atoms with Crippen LogP contribution in [0, 0.1) is 0 Å². The average molecular weight is 222 g/mol. The molecule has 0 aliphatic heterocycles. The molecule has 0 heterocycles. The van der Waals surface area contributed by atoms with Gasteiger partial charge in [-0.3, -0.25) is 4.79 Å². The first kappa shape index (κ1) is 12.2. The van der Waals surface area contributed by atoms with Crippen molar-refractivity contribution in [3.8, 4) is 0 Å². The van der Waals surface area contributed by atoms with Crippen molar-refractivity contribution < 1.29 is 9.90 Å². The Morgan fingerprint density at radius 2 is 2.38 bits per heavy atom. The van der Waals surface area contributed by atoms with Gasteiger partial charge in [0.15, 0.2) is 0 Å². The van der Waals surface area contributed by atoms with Crippen LogP contribution in [0.4, 0.5) is 5.69 Å². The van der Waals surface area contributed by atoms with Crippen molar-refractivity contribution in [3.05, 3.63) is 29.8 Å². The summed E-state index contributed by atoms with van der Waals surface area (Å²) < 4.78 is 0. The number of rotatable bonds is 5. The molecule has 0 unspecified atom stereocenters. The van der Waals surface area contributed by atoms with Gasteiger partial charge in [-0.25, -0.2) is 10.8 Å². The molecule has 1 aromatic rings. The Morgan fingerprint density at radius 3 is 3.00 bits per heavy atom. The predicted octanol–water partition coefficient (Wildman–Crippen LogP) is -0.236. The van der Waals surface area contributed by atoms with Crippen molar-refractivity contribution in [2.24, 2.45) is 16.6 Å². The number of aliphatic carboxylic acids is 1. The summed E-state index contributed by atoms with van der Waals surface area (Å²) in [6.45, 7) is 0. The van der Waals surface area contributed by atoms with Gasteiger partial charge in [0.25, 0.3) is 0 Å². The van der Waals surface area contributed by atoms with Crippen LogP contribution >= 0.6 is 0 Å². The zero-order valence-corrected chi connectivity index (χ0v) is 8.63. The van der Waals surface area contributed by atoms with Gasteiger partial charge in [0.2, 0.25) is 0 Å². The molecule has 0 saturated carbocycles. The van der Waals surface area contributed by atoms with Crippen LogP contribution < -0.4 is 17.0 Å². The highest BCUT2D eigenvalue weighted by molar-refractivity contribution is 5.73. The largest absolute Gasteiger partial charge is 0.480 e. The van der Waals surface area contributed by atoms with Crippen molar-refractivity contribution in [1.29, 1.82) is 0 Å². The molecule has 0 radical (unpaired) electrons. The molecule has 0 aliphatic rings. The van der Waals surface area contributed by atoms with Gasteiger partial charge in [0.1, 0.15) is 12.4 Å². The van der Waals surface area contributed by atoms with Crippen LogP contribution in [0.5, 0.6) is 0 Å². The smallest absolute Gasteiger partial charge is 0.320 e. The highest BCUT2D eigenvalue weighted by Gasteiger charge is 2.11. The monoisotopic (exact) mass is 222 g/mol. The number of benzene rings is 1. The number of carboxylic acids is 1. The Bertz CT molecular complexity index is 392. The van der Waals surface area contributed by atoms with Gasteiger partial charge in [-0.1, -0.05) is 12.1 Å². The molecule has 6 N–H and O–H groups in total. The summed E-state index contributed by atoms with van der Waals surface area (Å²) in [5, 5.41) is 8.67. The standard InChI is InChI=1S/C10H14N4O2/c11-9(10(15)16)5-7-2-1-3-8(4-7)13-6-14-12/h1-4,6,9H,5,11-12H2,(H,13,14)(H,15,16)/t9-/m0/s1. The van der Waals surface area contributed by atoms with E-state index in [0.29, 0.717) is 5.69 Å². The van der Waals surface area contributed by atoms with Crippen LogP contribution in [0.1, 0.15) is 5.56 Å². The lowest BCUT2D eigenvalue weighted by molar-refractivity contribution is -0.138. The van der Waals surface area contributed by atoms with Gasteiger partial charge >= 0.3 is 5.97 Å². The minimum absolute atomic E-state index is 0.273. The van der Waals surface area contributed by atoms with Gasteiger partial charge in [-0.05, 0) is 24.1 Å². The van der Waals surface area contributed by atoms with E-state index >= 15 is 0 Å². The van der Waals surface area contributed by atoms with Gasteiger partial charge in [0, 0.05) is 0 Å². The van der Waals surface area contributed by atoms with Crippen molar-refractivity contribution in [2.75, 3.05) is 0 Å². The molecule has 6 nitrogen and oxygen atoms in total. The first-order valence-electron chi connectivity index (χ1n) is 4.69. The lowest BCUT2D eigenvalue weighted by atomic mass is 10.1. The number of hydrazine groups is 1. The first-order valence-corrected chi connectivity index (χ1v) is 4.69. The van der Waals surface area contributed by atoms with Gasteiger partial charge in [-0.15, -0.1) is 0 Å². The van der Waals surface area contributed by atoms with E-state index in [9.17, 15) is 4.79 Å². The quantitative estimate of drug-likeness (QED) is 0.238. The Balaban J connectivity index is 2.74. The van der Waals surface area contributed by atoms with E-state index < -0.39 is 12.0 Å². The summed E-state index contributed by atoms with van der Waals surface area (Å²) in [7, 11) is 0. The number of nitrogens with one attached hydrogen (secondary N) is 1. The fourth-order valence-corrected chi connectivity index (χ4v) is 1.22. The van der Waals surface area contributed by atoms with Crippen molar-refractivity contribution in [3.63, 3.8) is 0 Å². The van der Waals surface area contributed by atoms with Crippen LogP contribution in [0.15, 0.2) is 29.3 Å². The summed E-state index contributed by atoms with van der Waals surface area (Å²) in [5.74, 6) is 4.02. The van der Waals surface area contributed by atoms with Crippen LogP contribution in [0.2, 0.25) is 0 Å². The highest BCUT2D eigenvalue weighted by atomic mass is 16.4. The lowest BCUT2D eigenvalue weighted by Gasteiger charge is -2.06. The number of carboxylic acid groups (broad SMARTS) is 1. The summed E-state index contributed by atoms with van der Waals surface area (Å²) in [5.41, 5.74) is 9.22. The average Bonchev–Trinajstić information content (AvgIpc) is 2.26. The molecule has 0 fully saturated rings. The number of aliphatic imine (C=N–C) groups is 1. The lowest BCUT2D eigenvalue weighted by Crippen LogP contribution is -2.32. The van der Waals surface area contributed by atoms with Crippen molar-refractivity contribution >= 4 is 18.0 Å². The molecule has 0 aliphatic carbocycles. The Kier molecular flexibility index (Phi) is 4.43. The van der Waals surface area contributed by atoms with Gasteiger partial charge < -0.3 is 16.3 Å².